The number of halogens is 1. The van der Waals surface area contributed by atoms with E-state index in [9.17, 15) is 0 Å². The Bertz CT molecular complexity index is 367. The second kappa shape index (κ2) is 6.58. The molecule has 1 aromatic carbocycles. The molecular weight excluding hydrogens is 218 g/mol. The number of nitrogens with zero attached hydrogens (tertiary/aromatic N) is 1. The molecule has 0 spiro atoms. The Hall–Kier alpha value is -0.970. The summed E-state index contributed by atoms with van der Waals surface area (Å²) in [5.41, 5.74) is 1.17. The average molecular weight is 236 g/mol. The van der Waals surface area contributed by atoms with Crippen LogP contribution in [0.2, 0.25) is 5.02 Å². The standard InChI is InChI=1S/C14H18ClN/c1-4-5-8-11-16(3)12(2)13-9-6-7-10-14(13)15/h1,6-7,9-10,12H,5,8,11H2,2-3H3. The van der Waals surface area contributed by atoms with E-state index in [1.54, 1.807) is 0 Å². The van der Waals surface area contributed by atoms with E-state index >= 15 is 0 Å². The monoisotopic (exact) mass is 235 g/mol. The maximum Gasteiger partial charge on any atom is 0.0453 e. The van der Waals surface area contributed by atoms with Gasteiger partial charge in [0.05, 0.1) is 0 Å². The molecular formula is C14H18ClN. The van der Waals surface area contributed by atoms with Crippen LogP contribution in [0.15, 0.2) is 24.3 Å². The van der Waals surface area contributed by atoms with Crippen LogP contribution < -0.4 is 0 Å². The molecule has 1 atom stereocenters. The van der Waals surface area contributed by atoms with Crippen molar-refractivity contribution < 1.29 is 0 Å². The summed E-state index contributed by atoms with van der Waals surface area (Å²) in [6, 6.07) is 8.31. The molecule has 0 aromatic heterocycles. The Morgan fingerprint density at radius 2 is 2.12 bits per heavy atom. The smallest absolute Gasteiger partial charge is 0.0453 e. The van der Waals surface area contributed by atoms with E-state index in [0.717, 1.165) is 24.4 Å². The molecule has 1 unspecified atom stereocenters. The van der Waals surface area contributed by atoms with E-state index < -0.39 is 0 Å². The van der Waals surface area contributed by atoms with Crippen LogP contribution in [-0.2, 0) is 0 Å². The topological polar surface area (TPSA) is 3.24 Å². The highest BCUT2D eigenvalue weighted by molar-refractivity contribution is 6.31. The number of benzene rings is 1. The first-order chi connectivity index (χ1) is 7.66. The SMILES string of the molecule is C#CCCCN(C)C(C)c1ccccc1Cl. The summed E-state index contributed by atoms with van der Waals surface area (Å²) in [4.78, 5) is 2.28. The van der Waals surface area contributed by atoms with Crippen molar-refractivity contribution in [1.29, 1.82) is 0 Å². The zero-order valence-corrected chi connectivity index (χ0v) is 10.7. The largest absolute Gasteiger partial charge is 0.300 e. The van der Waals surface area contributed by atoms with E-state index in [1.807, 2.05) is 18.2 Å². The Morgan fingerprint density at radius 3 is 2.75 bits per heavy atom. The molecule has 0 heterocycles. The summed E-state index contributed by atoms with van der Waals surface area (Å²) in [5.74, 6) is 2.66. The van der Waals surface area contributed by atoms with Gasteiger partial charge in [0.1, 0.15) is 0 Å². The Balaban J connectivity index is 2.60. The van der Waals surface area contributed by atoms with E-state index in [4.69, 9.17) is 18.0 Å². The molecule has 86 valence electrons. The molecule has 0 saturated heterocycles. The summed E-state index contributed by atoms with van der Waals surface area (Å²) in [5, 5.41) is 0.832. The Kier molecular flexibility index (Phi) is 5.38. The molecule has 1 rings (SSSR count). The fraction of sp³-hybridized carbons (Fsp3) is 0.429. The van der Waals surface area contributed by atoms with Gasteiger partial charge >= 0.3 is 0 Å². The molecule has 0 radical (unpaired) electrons. The van der Waals surface area contributed by atoms with Crippen molar-refractivity contribution >= 4 is 11.6 Å². The third kappa shape index (κ3) is 3.56. The maximum atomic E-state index is 6.17. The van der Waals surface area contributed by atoms with Gasteiger partial charge in [0.25, 0.3) is 0 Å². The maximum absolute atomic E-state index is 6.17. The van der Waals surface area contributed by atoms with Crippen molar-refractivity contribution in [2.24, 2.45) is 0 Å². The predicted octanol–water partition coefficient (Wildman–Crippen LogP) is 3.75. The molecule has 0 bridgehead atoms. The second-order valence-electron chi connectivity index (χ2n) is 3.99. The highest BCUT2D eigenvalue weighted by Crippen LogP contribution is 2.26. The minimum atomic E-state index is 0.325. The van der Waals surface area contributed by atoms with Crippen molar-refractivity contribution in [3.63, 3.8) is 0 Å². The third-order valence-electron chi connectivity index (χ3n) is 2.85. The van der Waals surface area contributed by atoms with Crippen molar-refractivity contribution in [3.05, 3.63) is 34.9 Å². The van der Waals surface area contributed by atoms with Crippen molar-refractivity contribution in [2.45, 2.75) is 25.8 Å². The lowest BCUT2D eigenvalue weighted by Gasteiger charge is -2.25. The third-order valence-corrected chi connectivity index (χ3v) is 3.19. The van der Waals surface area contributed by atoms with Crippen LogP contribution in [0.4, 0.5) is 0 Å². The van der Waals surface area contributed by atoms with Gasteiger partial charge in [-0.15, -0.1) is 12.3 Å². The van der Waals surface area contributed by atoms with E-state index in [-0.39, 0.29) is 0 Å². The van der Waals surface area contributed by atoms with Gasteiger partial charge in [0.15, 0.2) is 0 Å². The summed E-state index contributed by atoms with van der Waals surface area (Å²) < 4.78 is 0. The normalized spacial score (nSPS) is 12.4. The van der Waals surface area contributed by atoms with Crippen LogP contribution in [0.5, 0.6) is 0 Å². The average Bonchev–Trinajstić information content (AvgIpc) is 2.29. The lowest BCUT2D eigenvalue weighted by Crippen LogP contribution is -2.23. The van der Waals surface area contributed by atoms with Crippen molar-refractivity contribution in [3.8, 4) is 12.3 Å². The van der Waals surface area contributed by atoms with E-state index in [1.165, 1.54) is 5.56 Å². The van der Waals surface area contributed by atoms with Crippen LogP contribution in [0.25, 0.3) is 0 Å². The lowest BCUT2D eigenvalue weighted by atomic mass is 10.1. The molecule has 16 heavy (non-hydrogen) atoms. The van der Waals surface area contributed by atoms with Gasteiger partial charge in [-0.3, -0.25) is 4.90 Å². The fourth-order valence-corrected chi connectivity index (χ4v) is 1.97. The second-order valence-corrected chi connectivity index (χ2v) is 4.39. The molecule has 1 nitrogen and oxygen atoms in total. The Morgan fingerprint density at radius 1 is 1.44 bits per heavy atom. The van der Waals surface area contributed by atoms with Gasteiger partial charge < -0.3 is 0 Å². The minimum Gasteiger partial charge on any atom is -0.300 e. The zero-order valence-electron chi connectivity index (χ0n) is 9.91. The first-order valence-electron chi connectivity index (χ1n) is 5.55. The number of hydrogen-bond acceptors (Lipinski definition) is 1. The van der Waals surface area contributed by atoms with Crippen LogP contribution in [0.3, 0.4) is 0 Å². The van der Waals surface area contributed by atoms with Gasteiger partial charge in [-0.05, 0) is 38.6 Å². The molecule has 0 amide bonds. The number of rotatable bonds is 5. The van der Waals surface area contributed by atoms with Crippen LogP contribution in [0.1, 0.15) is 31.4 Å². The minimum absolute atomic E-state index is 0.325. The highest BCUT2D eigenvalue weighted by atomic mass is 35.5. The summed E-state index contributed by atoms with van der Waals surface area (Å²) >= 11 is 6.17. The van der Waals surface area contributed by atoms with Gasteiger partial charge in [0, 0.05) is 17.5 Å². The lowest BCUT2D eigenvalue weighted by molar-refractivity contribution is 0.259. The highest BCUT2D eigenvalue weighted by Gasteiger charge is 2.13. The number of hydrogen-bond donors (Lipinski definition) is 0. The van der Waals surface area contributed by atoms with Crippen LogP contribution in [-0.4, -0.2) is 18.5 Å². The molecule has 0 aliphatic rings. The first-order valence-corrected chi connectivity index (χ1v) is 5.92. The molecule has 0 N–H and O–H groups in total. The molecule has 1 aromatic rings. The van der Waals surface area contributed by atoms with Gasteiger partial charge in [0.2, 0.25) is 0 Å². The zero-order chi connectivity index (χ0) is 12.0. The molecule has 0 fully saturated rings. The predicted molar refractivity (Wildman–Crippen MR) is 70.6 cm³/mol. The molecule has 0 aliphatic carbocycles. The number of unbranched alkanes of at least 4 members (excludes halogenated alkanes) is 1. The summed E-state index contributed by atoms with van der Waals surface area (Å²) in [7, 11) is 2.10. The fourth-order valence-electron chi connectivity index (χ4n) is 1.68. The quantitative estimate of drug-likeness (QED) is 0.555. The summed E-state index contributed by atoms with van der Waals surface area (Å²) in [6.45, 7) is 3.16. The van der Waals surface area contributed by atoms with Gasteiger partial charge in [-0.2, -0.15) is 0 Å². The van der Waals surface area contributed by atoms with Gasteiger partial charge in [-0.25, -0.2) is 0 Å². The molecule has 2 heteroatoms. The van der Waals surface area contributed by atoms with Crippen molar-refractivity contribution in [2.75, 3.05) is 13.6 Å². The number of terminal acetylenes is 1. The van der Waals surface area contributed by atoms with E-state index in [0.29, 0.717) is 6.04 Å². The van der Waals surface area contributed by atoms with Crippen LogP contribution >= 0.6 is 11.6 Å². The summed E-state index contributed by atoms with van der Waals surface area (Å²) in [6.07, 6.45) is 7.10. The first kappa shape index (κ1) is 13.1. The van der Waals surface area contributed by atoms with E-state index in [2.05, 4.69) is 30.9 Å². The Labute approximate surface area is 103 Å². The van der Waals surface area contributed by atoms with Gasteiger partial charge in [-0.1, -0.05) is 29.8 Å². The van der Waals surface area contributed by atoms with Crippen molar-refractivity contribution in [1.82, 2.24) is 4.90 Å². The van der Waals surface area contributed by atoms with Crippen LogP contribution in [0, 0.1) is 12.3 Å². The molecule has 0 saturated carbocycles. The molecule has 0 aliphatic heterocycles.